The maximum absolute atomic E-state index is 11.1. The Morgan fingerprint density at radius 1 is 1.43 bits per heavy atom. The van der Waals surface area contributed by atoms with Crippen molar-refractivity contribution in [2.45, 2.75) is 26.8 Å². The van der Waals surface area contributed by atoms with E-state index in [1.165, 1.54) is 0 Å². The van der Waals surface area contributed by atoms with Crippen LogP contribution in [0.1, 0.15) is 19.0 Å². The highest BCUT2D eigenvalue weighted by molar-refractivity contribution is 5.59. The van der Waals surface area contributed by atoms with Gasteiger partial charge in [0.25, 0.3) is 0 Å². The Bertz CT molecular complexity index is 481. The number of aryl methyl sites for hydroxylation is 2. The molecule has 0 aromatic carbocycles. The van der Waals surface area contributed by atoms with E-state index in [0.29, 0.717) is 18.1 Å². The highest BCUT2D eigenvalue weighted by Crippen LogP contribution is 2.27. The molecule has 118 valence electrons. The molecular weight excluding hydrogens is 272 g/mol. The van der Waals surface area contributed by atoms with Gasteiger partial charge >= 0.3 is 5.69 Å². The van der Waals surface area contributed by atoms with E-state index in [1.54, 1.807) is 11.6 Å². The molecule has 1 aromatic rings. The molecule has 0 amide bonds. The fourth-order valence-electron chi connectivity index (χ4n) is 2.64. The van der Waals surface area contributed by atoms with E-state index < -0.39 is 0 Å². The molecule has 0 spiro atoms. The van der Waals surface area contributed by atoms with Crippen molar-refractivity contribution in [2.75, 3.05) is 44.6 Å². The molecule has 1 aromatic heterocycles. The second kappa shape index (κ2) is 7.37. The van der Waals surface area contributed by atoms with Gasteiger partial charge in [-0.1, -0.05) is 0 Å². The number of hydrogen-bond donors (Lipinski definition) is 2. The van der Waals surface area contributed by atoms with E-state index in [-0.39, 0.29) is 10.6 Å². The molecule has 2 heterocycles. The van der Waals surface area contributed by atoms with Crippen LogP contribution in [0.4, 0.5) is 11.5 Å². The van der Waals surface area contributed by atoms with E-state index in [1.807, 2.05) is 6.92 Å². The smallest absolute Gasteiger partial charge is 0.333 e. The van der Waals surface area contributed by atoms with Crippen molar-refractivity contribution >= 4 is 11.5 Å². The van der Waals surface area contributed by atoms with E-state index in [2.05, 4.69) is 20.6 Å². The van der Waals surface area contributed by atoms with Crippen LogP contribution in [0.2, 0.25) is 0 Å². The van der Waals surface area contributed by atoms with Gasteiger partial charge in [-0.05, 0) is 26.8 Å². The lowest BCUT2D eigenvalue weighted by Crippen LogP contribution is -2.44. The summed E-state index contributed by atoms with van der Waals surface area (Å²) in [5.74, 6) is 0.528. The number of nitro groups is 1. The van der Waals surface area contributed by atoms with E-state index in [9.17, 15) is 10.1 Å². The Hall–Kier alpha value is -1.67. The predicted molar refractivity (Wildman–Crippen MR) is 81.7 cm³/mol. The molecule has 2 N–H and O–H groups in total. The molecule has 0 aliphatic carbocycles. The van der Waals surface area contributed by atoms with Gasteiger partial charge < -0.3 is 15.5 Å². The molecular formula is C13H24N6O2. The Morgan fingerprint density at radius 2 is 2.14 bits per heavy atom. The number of nitrogens with one attached hydrogen (secondary N) is 2. The van der Waals surface area contributed by atoms with Crippen molar-refractivity contribution in [1.82, 2.24) is 20.0 Å². The van der Waals surface area contributed by atoms with Crippen LogP contribution < -0.4 is 10.6 Å². The third-order valence-corrected chi connectivity index (χ3v) is 3.73. The summed E-state index contributed by atoms with van der Waals surface area (Å²) in [7, 11) is 0. The van der Waals surface area contributed by atoms with Crippen LogP contribution in [0.25, 0.3) is 0 Å². The summed E-state index contributed by atoms with van der Waals surface area (Å²) in [6.45, 7) is 10.2. The van der Waals surface area contributed by atoms with Gasteiger partial charge in [0.15, 0.2) is 0 Å². The summed E-state index contributed by atoms with van der Waals surface area (Å²) >= 11 is 0. The van der Waals surface area contributed by atoms with Crippen molar-refractivity contribution in [2.24, 2.45) is 0 Å². The molecule has 2 rings (SSSR count). The molecule has 8 nitrogen and oxygen atoms in total. The van der Waals surface area contributed by atoms with E-state index in [0.717, 1.165) is 45.7 Å². The first-order valence-corrected chi connectivity index (χ1v) is 7.52. The van der Waals surface area contributed by atoms with E-state index in [4.69, 9.17) is 0 Å². The standard InChI is InChI=1S/C13H24N6O2/c1-3-18-13(12(19(20)21)11(2)16-18)15-5-4-8-17-9-6-14-7-10-17/h14-15H,3-10H2,1-2H3. The molecule has 0 bridgehead atoms. The molecule has 0 radical (unpaired) electrons. The van der Waals surface area contributed by atoms with E-state index >= 15 is 0 Å². The zero-order valence-electron chi connectivity index (χ0n) is 12.8. The zero-order valence-corrected chi connectivity index (χ0v) is 12.8. The maximum Gasteiger partial charge on any atom is 0.333 e. The largest absolute Gasteiger partial charge is 0.364 e. The minimum Gasteiger partial charge on any atom is -0.364 e. The Kier molecular flexibility index (Phi) is 5.51. The SMILES string of the molecule is CCn1nc(C)c([N+](=O)[O-])c1NCCCN1CCNCC1. The lowest BCUT2D eigenvalue weighted by Gasteiger charge is -2.27. The number of rotatable bonds is 7. The van der Waals surface area contributed by atoms with Gasteiger partial charge in [0, 0.05) is 39.3 Å². The quantitative estimate of drug-likeness (QED) is 0.440. The van der Waals surface area contributed by atoms with Crippen molar-refractivity contribution in [3.63, 3.8) is 0 Å². The minimum atomic E-state index is -0.354. The minimum absolute atomic E-state index is 0.0963. The van der Waals surface area contributed by atoms with Gasteiger partial charge in [-0.25, -0.2) is 4.68 Å². The molecule has 21 heavy (non-hydrogen) atoms. The van der Waals surface area contributed by atoms with Crippen molar-refractivity contribution < 1.29 is 4.92 Å². The number of hydrogen-bond acceptors (Lipinski definition) is 6. The lowest BCUT2D eigenvalue weighted by molar-refractivity contribution is -0.384. The Labute approximate surface area is 124 Å². The fourth-order valence-corrected chi connectivity index (χ4v) is 2.64. The Morgan fingerprint density at radius 3 is 2.76 bits per heavy atom. The maximum atomic E-state index is 11.1. The van der Waals surface area contributed by atoms with Crippen LogP contribution in [0.5, 0.6) is 0 Å². The van der Waals surface area contributed by atoms with Gasteiger partial charge in [0.1, 0.15) is 5.69 Å². The number of piperazine rings is 1. The summed E-state index contributed by atoms with van der Waals surface area (Å²) in [6, 6.07) is 0. The van der Waals surface area contributed by atoms with Crippen LogP contribution in [0, 0.1) is 17.0 Å². The number of aromatic nitrogens is 2. The highest BCUT2D eigenvalue weighted by atomic mass is 16.6. The molecule has 8 heteroatoms. The average Bonchev–Trinajstić information content (AvgIpc) is 2.80. The van der Waals surface area contributed by atoms with Crippen molar-refractivity contribution in [3.8, 4) is 0 Å². The van der Waals surface area contributed by atoms with Crippen LogP contribution in [-0.4, -0.2) is 58.9 Å². The monoisotopic (exact) mass is 296 g/mol. The van der Waals surface area contributed by atoms with Crippen LogP contribution in [0.15, 0.2) is 0 Å². The molecule has 0 saturated carbocycles. The third-order valence-electron chi connectivity index (χ3n) is 3.73. The van der Waals surface area contributed by atoms with Crippen LogP contribution >= 0.6 is 0 Å². The molecule has 0 unspecified atom stereocenters. The molecule has 1 fully saturated rings. The molecule has 1 aliphatic rings. The van der Waals surface area contributed by atoms with Gasteiger partial charge in [0.05, 0.1) is 4.92 Å². The van der Waals surface area contributed by atoms with Gasteiger partial charge in [-0.2, -0.15) is 5.10 Å². The summed E-state index contributed by atoms with van der Waals surface area (Å²) in [5, 5.41) is 21.9. The molecule has 0 atom stereocenters. The van der Waals surface area contributed by atoms with Crippen molar-refractivity contribution in [1.29, 1.82) is 0 Å². The van der Waals surface area contributed by atoms with Gasteiger partial charge in [-0.15, -0.1) is 0 Å². The average molecular weight is 296 g/mol. The van der Waals surface area contributed by atoms with Crippen LogP contribution in [0.3, 0.4) is 0 Å². The topological polar surface area (TPSA) is 88.3 Å². The second-order valence-corrected chi connectivity index (χ2v) is 5.23. The first-order chi connectivity index (χ1) is 10.1. The van der Waals surface area contributed by atoms with Gasteiger partial charge in [-0.3, -0.25) is 10.1 Å². The molecule has 1 saturated heterocycles. The highest BCUT2D eigenvalue weighted by Gasteiger charge is 2.24. The summed E-state index contributed by atoms with van der Waals surface area (Å²) in [4.78, 5) is 13.2. The first kappa shape index (κ1) is 15.7. The predicted octanol–water partition coefficient (Wildman–Crippen LogP) is 0.827. The number of nitrogens with zero attached hydrogens (tertiary/aromatic N) is 4. The normalized spacial score (nSPS) is 16.1. The lowest BCUT2D eigenvalue weighted by atomic mass is 10.3. The summed E-state index contributed by atoms with van der Waals surface area (Å²) in [5.41, 5.74) is 0.561. The Balaban J connectivity index is 1.88. The number of anilines is 1. The zero-order chi connectivity index (χ0) is 15.2. The fraction of sp³-hybridized carbons (Fsp3) is 0.769. The second-order valence-electron chi connectivity index (χ2n) is 5.23. The summed E-state index contributed by atoms with van der Waals surface area (Å²) in [6.07, 6.45) is 0.963. The molecule has 1 aliphatic heterocycles. The van der Waals surface area contributed by atoms with Gasteiger partial charge in [0.2, 0.25) is 5.82 Å². The van der Waals surface area contributed by atoms with Crippen molar-refractivity contribution in [3.05, 3.63) is 15.8 Å². The summed E-state index contributed by atoms with van der Waals surface area (Å²) < 4.78 is 1.66. The first-order valence-electron chi connectivity index (χ1n) is 7.52. The third kappa shape index (κ3) is 3.92. The van der Waals surface area contributed by atoms with Crippen LogP contribution in [-0.2, 0) is 6.54 Å².